The van der Waals surface area contributed by atoms with Gasteiger partial charge in [-0.05, 0) is 36.8 Å². The minimum absolute atomic E-state index is 0.122. The largest absolute Gasteiger partial charge is 0.391 e. The van der Waals surface area contributed by atoms with E-state index in [-0.39, 0.29) is 11.8 Å². The van der Waals surface area contributed by atoms with Crippen LogP contribution >= 0.6 is 11.8 Å². The van der Waals surface area contributed by atoms with Crippen molar-refractivity contribution < 1.29 is 9.90 Å². The Balaban J connectivity index is 2.72. The highest BCUT2D eigenvalue weighted by Crippen LogP contribution is 2.19. The fourth-order valence-electron chi connectivity index (χ4n) is 1.50. The van der Waals surface area contributed by atoms with Crippen LogP contribution in [0.25, 0.3) is 0 Å². The average Bonchev–Trinajstić information content (AvgIpc) is 2.35. The molecule has 0 heterocycles. The van der Waals surface area contributed by atoms with Crippen LogP contribution in [0.2, 0.25) is 0 Å². The van der Waals surface area contributed by atoms with Gasteiger partial charge in [0.25, 0.3) is 5.91 Å². The van der Waals surface area contributed by atoms with Crippen molar-refractivity contribution in [3.63, 3.8) is 0 Å². The second kappa shape index (κ2) is 6.81. The zero-order valence-electron chi connectivity index (χ0n) is 11.4. The highest BCUT2D eigenvalue weighted by atomic mass is 32.2. The summed E-state index contributed by atoms with van der Waals surface area (Å²) in [5.41, 5.74) is 1.63. The molecule has 4 heteroatoms. The van der Waals surface area contributed by atoms with Crippen LogP contribution in [0.1, 0.15) is 29.8 Å². The van der Waals surface area contributed by atoms with Crippen molar-refractivity contribution in [3.05, 3.63) is 29.3 Å². The number of rotatable bonds is 5. The number of aliphatic hydroxyl groups excluding tert-OH is 1. The zero-order chi connectivity index (χ0) is 13.7. The first-order valence-electron chi connectivity index (χ1n) is 6.06. The Morgan fingerprint density at radius 1 is 1.44 bits per heavy atom. The monoisotopic (exact) mass is 267 g/mol. The molecule has 1 unspecified atom stereocenters. The minimum Gasteiger partial charge on any atom is -0.391 e. The van der Waals surface area contributed by atoms with Gasteiger partial charge in [0.2, 0.25) is 0 Å². The first kappa shape index (κ1) is 15.1. The van der Waals surface area contributed by atoms with Crippen molar-refractivity contribution in [1.82, 2.24) is 5.32 Å². The summed E-state index contributed by atoms with van der Waals surface area (Å²) < 4.78 is 0. The number of hydrogen-bond acceptors (Lipinski definition) is 3. The average molecular weight is 267 g/mol. The third-order valence-electron chi connectivity index (χ3n) is 2.93. The smallest absolute Gasteiger partial charge is 0.251 e. The van der Waals surface area contributed by atoms with Gasteiger partial charge < -0.3 is 10.4 Å². The Morgan fingerprint density at radius 3 is 2.67 bits per heavy atom. The van der Waals surface area contributed by atoms with E-state index in [9.17, 15) is 9.90 Å². The topological polar surface area (TPSA) is 49.3 Å². The van der Waals surface area contributed by atoms with Crippen molar-refractivity contribution in [2.24, 2.45) is 5.92 Å². The molecule has 0 bridgehead atoms. The standard InChI is InChI=1S/C14H21NO2S/c1-9(2)13(16)8-15-14(17)12-7-11(18-4)6-5-10(12)3/h5-7,9,13,16H,8H2,1-4H3,(H,15,17). The van der Waals surface area contributed by atoms with Crippen LogP contribution in [0, 0.1) is 12.8 Å². The number of hydrogen-bond donors (Lipinski definition) is 2. The molecule has 0 aliphatic rings. The maximum Gasteiger partial charge on any atom is 0.251 e. The molecular formula is C14H21NO2S. The van der Waals surface area contributed by atoms with E-state index in [1.54, 1.807) is 11.8 Å². The summed E-state index contributed by atoms with van der Waals surface area (Å²) in [6, 6.07) is 5.83. The van der Waals surface area contributed by atoms with Gasteiger partial charge in [0.1, 0.15) is 0 Å². The number of carbonyl (C=O) groups excluding carboxylic acids is 1. The number of benzene rings is 1. The molecule has 100 valence electrons. The highest BCUT2D eigenvalue weighted by Gasteiger charge is 2.13. The number of carbonyl (C=O) groups is 1. The molecule has 0 aromatic heterocycles. The van der Waals surface area contributed by atoms with E-state index in [1.165, 1.54) is 0 Å². The molecule has 0 saturated heterocycles. The molecule has 3 nitrogen and oxygen atoms in total. The maximum absolute atomic E-state index is 12.0. The highest BCUT2D eigenvalue weighted by molar-refractivity contribution is 7.98. The lowest BCUT2D eigenvalue weighted by atomic mass is 10.1. The predicted octanol–water partition coefficient (Wildman–Crippen LogP) is 2.46. The number of amides is 1. The molecule has 2 N–H and O–H groups in total. The Morgan fingerprint density at radius 2 is 2.11 bits per heavy atom. The van der Waals surface area contributed by atoms with Gasteiger partial charge in [-0.15, -0.1) is 11.8 Å². The second-order valence-corrected chi connectivity index (χ2v) is 5.58. The molecule has 0 aliphatic carbocycles. The molecule has 0 aliphatic heterocycles. The molecule has 1 aromatic carbocycles. The first-order valence-corrected chi connectivity index (χ1v) is 7.29. The van der Waals surface area contributed by atoms with Crippen molar-refractivity contribution in [1.29, 1.82) is 0 Å². The van der Waals surface area contributed by atoms with Crippen LogP contribution in [0.15, 0.2) is 23.1 Å². The molecule has 18 heavy (non-hydrogen) atoms. The van der Waals surface area contributed by atoms with Gasteiger partial charge in [0, 0.05) is 17.0 Å². The minimum atomic E-state index is -0.502. The maximum atomic E-state index is 12.0. The van der Waals surface area contributed by atoms with E-state index >= 15 is 0 Å². The van der Waals surface area contributed by atoms with Gasteiger partial charge in [-0.25, -0.2) is 0 Å². The van der Waals surface area contributed by atoms with Crippen LogP contribution in [0.4, 0.5) is 0 Å². The number of aliphatic hydroxyl groups is 1. The van der Waals surface area contributed by atoms with Crippen molar-refractivity contribution in [2.45, 2.75) is 31.8 Å². The van der Waals surface area contributed by atoms with Crippen molar-refractivity contribution in [2.75, 3.05) is 12.8 Å². The lowest BCUT2D eigenvalue weighted by Crippen LogP contribution is -2.35. The fraction of sp³-hybridized carbons (Fsp3) is 0.500. The Kier molecular flexibility index (Phi) is 5.69. The van der Waals surface area contributed by atoms with Gasteiger partial charge in [-0.3, -0.25) is 4.79 Å². The summed E-state index contributed by atoms with van der Waals surface area (Å²) in [6.07, 6.45) is 1.48. The Labute approximate surface area is 113 Å². The van der Waals surface area contributed by atoms with Crippen molar-refractivity contribution >= 4 is 17.7 Å². The van der Waals surface area contributed by atoms with Crippen LogP contribution in [0.5, 0.6) is 0 Å². The molecule has 0 saturated carbocycles. The molecule has 0 radical (unpaired) electrons. The van der Waals surface area contributed by atoms with Gasteiger partial charge in [-0.1, -0.05) is 19.9 Å². The van der Waals surface area contributed by atoms with Gasteiger partial charge in [-0.2, -0.15) is 0 Å². The lowest BCUT2D eigenvalue weighted by molar-refractivity contribution is 0.0871. The molecule has 1 rings (SSSR count). The molecule has 1 aromatic rings. The zero-order valence-corrected chi connectivity index (χ0v) is 12.2. The normalized spacial score (nSPS) is 12.6. The third kappa shape index (κ3) is 4.03. The summed E-state index contributed by atoms with van der Waals surface area (Å²) in [6.45, 7) is 6.06. The second-order valence-electron chi connectivity index (χ2n) is 4.70. The van der Waals surface area contributed by atoms with Crippen LogP contribution in [-0.2, 0) is 0 Å². The van der Waals surface area contributed by atoms with Gasteiger partial charge in [0.05, 0.1) is 6.10 Å². The fourth-order valence-corrected chi connectivity index (χ4v) is 1.94. The first-order chi connectivity index (χ1) is 8.45. The molecule has 1 atom stereocenters. The number of nitrogens with one attached hydrogen (secondary N) is 1. The van der Waals surface area contributed by atoms with Crippen LogP contribution in [-0.4, -0.2) is 29.9 Å². The third-order valence-corrected chi connectivity index (χ3v) is 3.66. The summed E-state index contributed by atoms with van der Waals surface area (Å²) >= 11 is 1.61. The van der Waals surface area contributed by atoms with Crippen LogP contribution < -0.4 is 5.32 Å². The Bertz CT molecular complexity index is 418. The predicted molar refractivity (Wildman–Crippen MR) is 76.1 cm³/mol. The molecule has 1 amide bonds. The lowest BCUT2D eigenvalue weighted by Gasteiger charge is -2.15. The van der Waals surface area contributed by atoms with E-state index in [1.807, 2.05) is 45.2 Å². The summed E-state index contributed by atoms with van der Waals surface area (Å²) in [4.78, 5) is 13.1. The quantitative estimate of drug-likeness (QED) is 0.806. The summed E-state index contributed by atoms with van der Waals surface area (Å²) in [5.74, 6) is 0.0204. The molecule has 0 spiro atoms. The molecular weight excluding hydrogens is 246 g/mol. The van der Waals surface area contributed by atoms with E-state index in [0.717, 1.165) is 10.5 Å². The van der Waals surface area contributed by atoms with Crippen LogP contribution in [0.3, 0.4) is 0 Å². The van der Waals surface area contributed by atoms with Gasteiger partial charge >= 0.3 is 0 Å². The van der Waals surface area contributed by atoms with Gasteiger partial charge in [0.15, 0.2) is 0 Å². The van der Waals surface area contributed by atoms with Crippen molar-refractivity contribution in [3.8, 4) is 0 Å². The summed E-state index contributed by atoms with van der Waals surface area (Å²) in [5, 5.41) is 12.4. The Hall–Kier alpha value is -1.00. The summed E-state index contributed by atoms with van der Waals surface area (Å²) in [7, 11) is 0. The van der Waals surface area contributed by atoms with E-state index < -0.39 is 6.10 Å². The van der Waals surface area contributed by atoms with E-state index in [4.69, 9.17) is 0 Å². The van der Waals surface area contributed by atoms with E-state index in [0.29, 0.717) is 12.1 Å². The SMILES string of the molecule is CSc1ccc(C)c(C(=O)NCC(O)C(C)C)c1. The number of thioether (sulfide) groups is 1. The van der Waals surface area contributed by atoms with E-state index in [2.05, 4.69) is 5.32 Å². The molecule has 0 fully saturated rings. The number of aryl methyl sites for hydroxylation is 1.